The molecule has 170 valence electrons. The van der Waals surface area contributed by atoms with Crippen LogP contribution in [0, 0.1) is 13.8 Å². The maximum absolute atomic E-state index is 13.0. The molecule has 1 unspecified atom stereocenters. The molecule has 0 bridgehead atoms. The molecule has 9 heteroatoms. The van der Waals surface area contributed by atoms with Crippen molar-refractivity contribution in [2.24, 2.45) is 0 Å². The Balaban J connectivity index is 1.60. The third-order valence-electron chi connectivity index (χ3n) is 5.82. The summed E-state index contributed by atoms with van der Waals surface area (Å²) in [5.41, 5.74) is 3.34. The number of hydrogen-bond donors (Lipinski definition) is 2. The molecule has 1 aromatic heterocycles. The van der Waals surface area contributed by atoms with Gasteiger partial charge >= 0.3 is 0 Å². The van der Waals surface area contributed by atoms with Crippen LogP contribution in [0.15, 0.2) is 30.3 Å². The molecule has 1 aliphatic rings. The molecule has 1 atom stereocenters. The smallest absolute Gasteiger partial charge is 0.241 e. The lowest BCUT2D eigenvalue weighted by atomic mass is 10.0. The fourth-order valence-electron chi connectivity index (χ4n) is 4.02. The van der Waals surface area contributed by atoms with Crippen molar-refractivity contribution >= 4 is 21.6 Å². The zero-order valence-electron chi connectivity index (χ0n) is 18.8. The third-order valence-corrected chi connectivity index (χ3v) is 7.45. The van der Waals surface area contributed by atoms with Gasteiger partial charge in [-0.3, -0.25) is 9.69 Å². The van der Waals surface area contributed by atoms with Gasteiger partial charge in [0.2, 0.25) is 15.9 Å². The van der Waals surface area contributed by atoms with Crippen LogP contribution in [0.1, 0.15) is 44.5 Å². The standard InChI is InChI=1S/C22H33N5O3S/c1-5-15-31(29,30)25-19-11-13-26(14-12-19)18(4)22(28)23-21-16(2)24-27(17(21)3)20-9-7-6-8-10-20/h6-10,18-19,25H,5,11-15H2,1-4H3,(H,23,28). The van der Waals surface area contributed by atoms with Crippen LogP contribution in [0.25, 0.3) is 5.69 Å². The van der Waals surface area contributed by atoms with Gasteiger partial charge in [0.15, 0.2) is 0 Å². The van der Waals surface area contributed by atoms with Gasteiger partial charge in [0, 0.05) is 19.1 Å². The van der Waals surface area contributed by atoms with Gasteiger partial charge in [-0.05, 0) is 52.2 Å². The molecule has 1 aliphatic heterocycles. The summed E-state index contributed by atoms with van der Waals surface area (Å²) in [7, 11) is -3.21. The summed E-state index contributed by atoms with van der Waals surface area (Å²) in [6.07, 6.45) is 2.00. The lowest BCUT2D eigenvalue weighted by molar-refractivity contribution is -0.121. The van der Waals surface area contributed by atoms with E-state index in [1.54, 1.807) is 0 Å². The summed E-state index contributed by atoms with van der Waals surface area (Å²) < 4.78 is 28.6. The predicted octanol–water partition coefficient (Wildman–Crippen LogP) is 2.61. The zero-order valence-corrected chi connectivity index (χ0v) is 19.6. The minimum atomic E-state index is -3.21. The van der Waals surface area contributed by atoms with Gasteiger partial charge in [-0.1, -0.05) is 25.1 Å². The summed E-state index contributed by atoms with van der Waals surface area (Å²) in [6, 6.07) is 9.45. The molecule has 2 aromatic rings. The van der Waals surface area contributed by atoms with E-state index in [9.17, 15) is 13.2 Å². The number of nitrogens with zero attached hydrogens (tertiary/aromatic N) is 3. The molecule has 3 rings (SSSR count). The average Bonchev–Trinajstić information content (AvgIpc) is 3.02. The van der Waals surface area contributed by atoms with E-state index in [4.69, 9.17) is 0 Å². The van der Waals surface area contributed by atoms with E-state index in [-0.39, 0.29) is 23.7 Å². The molecule has 0 saturated carbocycles. The predicted molar refractivity (Wildman–Crippen MR) is 123 cm³/mol. The number of piperidine rings is 1. The summed E-state index contributed by atoms with van der Waals surface area (Å²) in [4.78, 5) is 15.1. The van der Waals surface area contributed by atoms with Crippen molar-refractivity contribution in [2.75, 3.05) is 24.2 Å². The number of anilines is 1. The van der Waals surface area contributed by atoms with Crippen LogP contribution in [0.4, 0.5) is 5.69 Å². The third kappa shape index (κ3) is 5.72. The highest BCUT2D eigenvalue weighted by Crippen LogP contribution is 2.24. The number of likely N-dealkylation sites (tertiary alicyclic amines) is 1. The number of carbonyl (C=O) groups is 1. The largest absolute Gasteiger partial charge is 0.322 e. The van der Waals surface area contributed by atoms with E-state index in [2.05, 4.69) is 20.0 Å². The maximum Gasteiger partial charge on any atom is 0.241 e. The Labute approximate surface area is 185 Å². The van der Waals surface area contributed by atoms with Gasteiger partial charge in [-0.25, -0.2) is 17.8 Å². The highest BCUT2D eigenvalue weighted by atomic mass is 32.2. The lowest BCUT2D eigenvalue weighted by Gasteiger charge is -2.35. The Morgan fingerprint density at radius 3 is 2.45 bits per heavy atom. The minimum absolute atomic E-state index is 0.0587. The van der Waals surface area contributed by atoms with Gasteiger partial charge in [-0.2, -0.15) is 5.10 Å². The molecule has 1 saturated heterocycles. The number of carbonyl (C=O) groups excluding carboxylic acids is 1. The SMILES string of the molecule is CCCS(=O)(=O)NC1CCN(C(C)C(=O)Nc2c(C)nn(-c3ccccc3)c2C)CC1. The number of aromatic nitrogens is 2. The highest BCUT2D eigenvalue weighted by molar-refractivity contribution is 7.89. The second-order valence-corrected chi connectivity index (χ2v) is 10.1. The number of nitrogens with one attached hydrogen (secondary N) is 2. The summed E-state index contributed by atoms with van der Waals surface area (Å²) in [5.74, 6) is 0.0744. The highest BCUT2D eigenvalue weighted by Gasteiger charge is 2.29. The van der Waals surface area contributed by atoms with E-state index < -0.39 is 10.0 Å². The first-order valence-corrected chi connectivity index (χ1v) is 12.5. The first-order valence-electron chi connectivity index (χ1n) is 10.9. The molecule has 2 N–H and O–H groups in total. The van der Waals surface area contributed by atoms with E-state index in [0.717, 1.165) is 22.8 Å². The van der Waals surface area contributed by atoms with E-state index >= 15 is 0 Å². The summed E-state index contributed by atoms with van der Waals surface area (Å²) in [6.45, 7) is 8.93. The summed E-state index contributed by atoms with van der Waals surface area (Å²) in [5, 5.41) is 7.64. The minimum Gasteiger partial charge on any atom is -0.322 e. The second-order valence-electron chi connectivity index (χ2n) is 8.21. The first-order chi connectivity index (χ1) is 14.7. The Kier molecular flexibility index (Phi) is 7.51. The van der Waals surface area contributed by atoms with Crippen LogP contribution in [0.5, 0.6) is 0 Å². The molecule has 31 heavy (non-hydrogen) atoms. The van der Waals surface area contributed by atoms with E-state index in [0.29, 0.717) is 32.4 Å². The van der Waals surface area contributed by atoms with Crippen molar-refractivity contribution in [2.45, 2.75) is 59.0 Å². The fraction of sp³-hybridized carbons (Fsp3) is 0.545. The Morgan fingerprint density at radius 1 is 1.19 bits per heavy atom. The zero-order chi connectivity index (χ0) is 22.6. The molecule has 8 nitrogen and oxygen atoms in total. The van der Waals surface area contributed by atoms with Crippen LogP contribution in [0.2, 0.25) is 0 Å². The fourth-order valence-corrected chi connectivity index (χ4v) is 5.42. The maximum atomic E-state index is 13.0. The van der Waals surface area contributed by atoms with Crippen molar-refractivity contribution in [3.05, 3.63) is 41.7 Å². The Morgan fingerprint density at radius 2 is 1.84 bits per heavy atom. The normalized spacial score (nSPS) is 16.9. The number of aryl methyl sites for hydroxylation is 1. The summed E-state index contributed by atoms with van der Waals surface area (Å²) >= 11 is 0. The molecule has 0 radical (unpaired) electrons. The van der Waals surface area contributed by atoms with Gasteiger partial charge in [0.1, 0.15) is 0 Å². The van der Waals surface area contributed by atoms with Crippen molar-refractivity contribution in [3.8, 4) is 5.69 Å². The molecular formula is C22H33N5O3S. The number of rotatable bonds is 8. The van der Waals surface area contributed by atoms with Crippen molar-refractivity contribution in [1.29, 1.82) is 0 Å². The molecule has 0 aliphatic carbocycles. The monoisotopic (exact) mass is 447 g/mol. The molecule has 1 aromatic carbocycles. The molecule has 2 heterocycles. The van der Waals surface area contributed by atoms with Crippen LogP contribution in [-0.2, 0) is 14.8 Å². The Hall–Kier alpha value is -2.23. The van der Waals surface area contributed by atoms with Crippen molar-refractivity contribution in [1.82, 2.24) is 19.4 Å². The second kappa shape index (κ2) is 9.93. The van der Waals surface area contributed by atoms with Crippen LogP contribution in [0.3, 0.4) is 0 Å². The van der Waals surface area contributed by atoms with Gasteiger partial charge in [-0.15, -0.1) is 0 Å². The number of para-hydroxylation sites is 1. The van der Waals surface area contributed by atoms with Gasteiger partial charge in [0.05, 0.1) is 34.6 Å². The van der Waals surface area contributed by atoms with E-state index in [1.807, 2.05) is 62.7 Å². The van der Waals surface area contributed by atoms with Crippen molar-refractivity contribution in [3.63, 3.8) is 0 Å². The topological polar surface area (TPSA) is 96.3 Å². The number of hydrogen-bond acceptors (Lipinski definition) is 5. The molecule has 1 amide bonds. The van der Waals surface area contributed by atoms with Crippen molar-refractivity contribution < 1.29 is 13.2 Å². The average molecular weight is 448 g/mol. The molecule has 0 spiro atoms. The number of sulfonamides is 1. The Bertz CT molecular complexity index is 996. The van der Waals surface area contributed by atoms with E-state index in [1.165, 1.54) is 0 Å². The molecule has 1 fully saturated rings. The van der Waals surface area contributed by atoms with Crippen LogP contribution in [-0.4, -0.2) is 59.9 Å². The van der Waals surface area contributed by atoms with Crippen LogP contribution < -0.4 is 10.0 Å². The van der Waals surface area contributed by atoms with Gasteiger partial charge < -0.3 is 5.32 Å². The van der Waals surface area contributed by atoms with Gasteiger partial charge in [0.25, 0.3) is 0 Å². The number of amides is 1. The number of benzene rings is 1. The first kappa shape index (κ1) is 23.4. The lowest BCUT2D eigenvalue weighted by Crippen LogP contribution is -2.50. The van der Waals surface area contributed by atoms with Crippen LogP contribution >= 0.6 is 0 Å². The molecular weight excluding hydrogens is 414 g/mol. The quantitative estimate of drug-likeness (QED) is 0.648.